The second-order valence-electron chi connectivity index (χ2n) is 3.93. The molecule has 0 aromatic heterocycles. The van der Waals surface area contributed by atoms with Gasteiger partial charge in [0.25, 0.3) is 0 Å². The van der Waals surface area contributed by atoms with Gasteiger partial charge in [0.2, 0.25) is 6.54 Å². The fourth-order valence-electron chi connectivity index (χ4n) is 2.16. The summed E-state index contributed by atoms with van der Waals surface area (Å²) in [4.78, 5) is 3.43. The average molecular weight is 189 g/mol. The Bertz CT molecular complexity index is 374. The number of nitrogens with zero attached hydrogens (tertiary/aromatic N) is 1. The Morgan fingerprint density at radius 2 is 2.07 bits per heavy atom. The van der Waals surface area contributed by atoms with Crippen LogP contribution in [0.3, 0.4) is 0 Å². The first kappa shape index (κ1) is 9.21. The quantitative estimate of drug-likeness (QED) is 0.629. The van der Waals surface area contributed by atoms with Gasteiger partial charge in [-0.3, -0.25) is 0 Å². The fraction of sp³-hybridized carbons (Fsp3) is 0.417. The molecule has 0 aliphatic heterocycles. The van der Waals surface area contributed by atoms with E-state index in [4.69, 9.17) is 6.57 Å². The van der Waals surface area contributed by atoms with Crippen LogP contribution in [0.1, 0.15) is 24.8 Å². The third-order valence-electron chi connectivity index (χ3n) is 3.14. The predicted molar refractivity (Wildman–Crippen MR) is 53.4 cm³/mol. The zero-order valence-electron chi connectivity index (χ0n) is 7.96. The molecule has 0 saturated heterocycles. The fourth-order valence-corrected chi connectivity index (χ4v) is 2.16. The molecule has 0 bridgehead atoms. The minimum absolute atomic E-state index is 0.157. The van der Waals surface area contributed by atoms with Crippen LogP contribution in [0.5, 0.6) is 0 Å². The van der Waals surface area contributed by atoms with Crippen molar-refractivity contribution in [1.82, 2.24) is 0 Å². The van der Waals surface area contributed by atoms with Crippen molar-refractivity contribution >= 4 is 0 Å². The largest absolute Gasteiger partial charge is 0.316 e. The van der Waals surface area contributed by atoms with E-state index < -0.39 is 0 Å². The minimum atomic E-state index is -0.174. The third-order valence-corrected chi connectivity index (χ3v) is 3.14. The summed E-state index contributed by atoms with van der Waals surface area (Å²) in [5.74, 6) is -0.157. The van der Waals surface area contributed by atoms with Crippen molar-refractivity contribution in [3.8, 4) is 0 Å². The Balaban J connectivity index is 2.37. The lowest BCUT2D eigenvalue weighted by atomic mass is 9.64. The summed E-state index contributed by atoms with van der Waals surface area (Å²) in [5.41, 5.74) is 0.565. The lowest BCUT2D eigenvalue weighted by Gasteiger charge is -2.37. The topological polar surface area (TPSA) is 4.36 Å². The molecule has 1 aliphatic rings. The van der Waals surface area contributed by atoms with Gasteiger partial charge in [0, 0.05) is 5.56 Å². The maximum absolute atomic E-state index is 13.5. The van der Waals surface area contributed by atoms with Gasteiger partial charge in [-0.1, -0.05) is 24.6 Å². The van der Waals surface area contributed by atoms with E-state index in [0.717, 1.165) is 24.8 Å². The lowest BCUT2D eigenvalue weighted by molar-refractivity contribution is 0.257. The standard InChI is InChI=1S/C12H12FN/c1-14-9-12(7-4-8-12)10-5-2-3-6-11(10)13/h2-3,5-6H,4,7-9H2. The maximum atomic E-state index is 13.5. The van der Waals surface area contributed by atoms with E-state index in [0.29, 0.717) is 6.54 Å². The molecule has 1 nitrogen and oxygen atoms in total. The highest BCUT2D eigenvalue weighted by molar-refractivity contribution is 5.31. The molecule has 0 spiro atoms. The van der Waals surface area contributed by atoms with Gasteiger partial charge in [0.05, 0.1) is 5.41 Å². The number of halogens is 1. The molecule has 1 aromatic carbocycles. The van der Waals surface area contributed by atoms with E-state index in [2.05, 4.69) is 4.85 Å². The first-order chi connectivity index (χ1) is 6.78. The number of benzene rings is 1. The van der Waals surface area contributed by atoms with Crippen LogP contribution in [-0.4, -0.2) is 6.54 Å². The summed E-state index contributed by atoms with van der Waals surface area (Å²) in [6.07, 6.45) is 3.02. The van der Waals surface area contributed by atoms with Crippen molar-refractivity contribution in [1.29, 1.82) is 0 Å². The van der Waals surface area contributed by atoms with Crippen molar-refractivity contribution in [2.45, 2.75) is 24.7 Å². The maximum Gasteiger partial charge on any atom is 0.224 e. The van der Waals surface area contributed by atoms with Crippen LogP contribution in [0.4, 0.5) is 4.39 Å². The molecule has 72 valence electrons. The average Bonchev–Trinajstić information content (AvgIpc) is 2.13. The molecular formula is C12H12FN. The molecule has 1 aliphatic carbocycles. The highest BCUT2D eigenvalue weighted by Gasteiger charge is 2.43. The van der Waals surface area contributed by atoms with Gasteiger partial charge < -0.3 is 4.85 Å². The van der Waals surface area contributed by atoms with E-state index >= 15 is 0 Å². The highest BCUT2D eigenvalue weighted by atomic mass is 19.1. The Kier molecular flexibility index (Phi) is 2.25. The van der Waals surface area contributed by atoms with Gasteiger partial charge in [0.15, 0.2) is 0 Å². The molecule has 2 rings (SSSR count). The van der Waals surface area contributed by atoms with Crippen LogP contribution in [0.15, 0.2) is 24.3 Å². The zero-order valence-corrected chi connectivity index (χ0v) is 7.96. The van der Waals surface area contributed by atoms with Gasteiger partial charge in [-0.15, -0.1) is 0 Å². The number of hydrogen-bond donors (Lipinski definition) is 0. The normalized spacial score (nSPS) is 18.3. The van der Waals surface area contributed by atoms with Crippen LogP contribution < -0.4 is 0 Å². The van der Waals surface area contributed by atoms with Crippen molar-refractivity contribution in [2.24, 2.45) is 0 Å². The molecule has 2 heteroatoms. The van der Waals surface area contributed by atoms with E-state index in [9.17, 15) is 4.39 Å². The van der Waals surface area contributed by atoms with E-state index in [1.54, 1.807) is 6.07 Å². The molecule has 1 aromatic rings. The van der Waals surface area contributed by atoms with E-state index in [-0.39, 0.29) is 11.2 Å². The van der Waals surface area contributed by atoms with E-state index in [1.807, 2.05) is 12.1 Å². The van der Waals surface area contributed by atoms with Crippen LogP contribution >= 0.6 is 0 Å². The summed E-state index contributed by atoms with van der Waals surface area (Å²) >= 11 is 0. The smallest absolute Gasteiger partial charge is 0.224 e. The second-order valence-corrected chi connectivity index (χ2v) is 3.93. The Labute approximate surface area is 83.4 Å². The summed E-state index contributed by atoms with van der Waals surface area (Å²) < 4.78 is 13.5. The summed E-state index contributed by atoms with van der Waals surface area (Å²) in [5, 5.41) is 0. The number of hydrogen-bond acceptors (Lipinski definition) is 0. The highest BCUT2D eigenvalue weighted by Crippen LogP contribution is 2.44. The van der Waals surface area contributed by atoms with Crippen molar-refractivity contribution in [3.63, 3.8) is 0 Å². The minimum Gasteiger partial charge on any atom is -0.316 e. The molecule has 0 heterocycles. The van der Waals surface area contributed by atoms with Crippen molar-refractivity contribution in [2.75, 3.05) is 6.54 Å². The number of rotatable bonds is 2. The Hall–Kier alpha value is -1.36. The second kappa shape index (κ2) is 3.42. The van der Waals surface area contributed by atoms with Gasteiger partial charge in [0.1, 0.15) is 5.82 Å². The first-order valence-electron chi connectivity index (χ1n) is 4.87. The van der Waals surface area contributed by atoms with Gasteiger partial charge in [-0.2, -0.15) is 0 Å². The summed E-state index contributed by atoms with van der Waals surface area (Å²) in [6.45, 7) is 7.34. The van der Waals surface area contributed by atoms with Crippen molar-refractivity contribution < 1.29 is 4.39 Å². The Morgan fingerprint density at radius 3 is 2.57 bits per heavy atom. The summed E-state index contributed by atoms with van der Waals surface area (Å²) in [6, 6.07) is 6.85. The molecule has 14 heavy (non-hydrogen) atoms. The van der Waals surface area contributed by atoms with Crippen LogP contribution in [0, 0.1) is 12.4 Å². The molecule has 0 amide bonds. The first-order valence-corrected chi connectivity index (χ1v) is 4.87. The van der Waals surface area contributed by atoms with Gasteiger partial charge in [-0.25, -0.2) is 11.0 Å². The predicted octanol–water partition coefficient (Wildman–Crippen LogP) is 3.17. The molecule has 0 atom stereocenters. The van der Waals surface area contributed by atoms with E-state index in [1.165, 1.54) is 6.07 Å². The van der Waals surface area contributed by atoms with Crippen LogP contribution in [-0.2, 0) is 5.41 Å². The Morgan fingerprint density at radius 1 is 1.36 bits per heavy atom. The molecule has 0 unspecified atom stereocenters. The van der Waals surface area contributed by atoms with Gasteiger partial charge in [-0.05, 0) is 18.9 Å². The van der Waals surface area contributed by atoms with Gasteiger partial charge >= 0.3 is 0 Å². The molecule has 0 radical (unpaired) electrons. The lowest BCUT2D eigenvalue weighted by Crippen LogP contribution is -2.37. The zero-order chi connectivity index (χ0) is 10.0. The van der Waals surface area contributed by atoms with Crippen LogP contribution in [0.2, 0.25) is 0 Å². The molecule has 0 N–H and O–H groups in total. The summed E-state index contributed by atoms with van der Waals surface area (Å²) in [7, 11) is 0. The third kappa shape index (κ3) is 1.29. The monoisotopic (exact) mass is 189 g/mol. The SMILES string of the molecule is [C-]#[N+]CC1(c2ccccc2F)CCC1. The van der Waals surface area contributed by atoms with Crippen LogP contribution in [0.25, 0.3) is 4.85 Å². The molecule has 1 saturated carbocycles. The molecule has 1 fully saturated rings. The van der Waals surface area contributed by atoms with Crippen molar-refractivity contribution in [3.05, 3.63) is 47.1 Å². The molecular weight excluding hydrogens is 177 g/mol.